The molecule has 1 aliphatic rings. The molecule has 210 valence electrons. The van der Waals surface area contributed by atoms with E-state index in [9.17, 15) is 4.79 Å². The molecule has 2 aromatic heterocycles. The molecule has 3 heterocycles. The Kier molecular flexibility index (Phi) is 10.6. The molecule has 39 heavy (non-hydrogen) atoms. The van der Waals surface area contributed by atoms with Gasteiger partial charge in [-0.2, -0.15) is 0 Å². The third kappa shape index (κ3) is 8.15. The predicted octanol–water partition coefficient (Wildman–Crippen LogP) is 5.33. The molecule has 0 aliphatic carbocycles. The summed E-state index contributed by atoms with van der Waals surface area (Å²) in [5.41, 5.74) is 4.67. The molecule has 4 rings (SSSR count). The minimum atomic E-state index is -0.0737. The number of hydrogen-bond acceptors (Lipinski definition) is 5. The summed E-state index contributed by atoms with van der Waals surface area (Å²) in [5.74, 6) is -0.0737. The van der Waals surface area contributed by atoms with Crippen molar-refractivity contribution in [2.75, 3.05) is 26.2 Å². The van der Waals surface area contributed by atoms with Gasteiger partial charge in [0.15, 0.2) is 0 Å². The number of hydrogen-bond donors (Lipinski definition) is 4. The number of carbonyl (C=O) groups is 1. The smallest absolute Gasteiger partial charge is 0.253 e. The minimum Gasteiger partial charge on any atom is -0.364 e. The molecule has 1 aliphatic heterocycles. The van der Waals surface area contributed by atoms with E-state index in [-0.39, 0.29) is 18.0 Å². The Bertz CT molecular complexity index is 1150. The van der Waals surface area contributed by atoms with E-state index in [0.29, 0.717) is 35.0 Å². The lowest BCUT2D eigenvalue weighted by Gasteiger charge is -2.38. The van der Waals surface area contributed by atoms with Gasteiger partial charge in [-0.15, -0.1) is 0 Å². The molecular weight excluding hydrogens is 508 g/mol. The van der Waals surface area contributed by atoms with Crippen LogP contribution < -0.4 is 16.0 Å². The average molecular weight is 551 g/mol. The first-order valence-corrected chi connectivity index (χ1v) is 14.5. The van der Waals surface area contributed by atoms with Crippen molar-refractivity contribution in [1.29, 1.82) is 0 Å². The Morgan fingerprint density at radius 2 is 1.87 bits per heavy atom. The number of amides is 1. The highest BCUT2D eigenvalue weighted by Gasteiger charge is 2.25. The molecule has 1 fully saturated rings. The van der Waals surface area contributed by atoms with Gasteiger partial charge in [-0.25, -0.2) is 4.98 Å². The van der Waals surface area contributed by atoms with Crippen LogP contribution in [0.1, 0.15) is 78.1 Å². The molecule has 2 unspecified atom stereocenters. The molecule has 0 saturated carbocycles. The molecule has 1 aromatic carbocycles. The third-order valence-electron chi connectivity index (χ3n) is 7.95. The lowest BCUT2D eigenvalue weighted by Crippen LogP contribution is -2.48. The predicted molar refractivity (Wildman–Crippen MR) is 159 cm³/mol. The third-order valence-corrected chi connectivity index (χ3v) is 8.14. The van der Waals surface area contributed by atoms with E-state index in [4.69, 9.17) is 11.6 Å². The summed E-state index contributed by atoms with van der Waals surface area (Å²) in [6.45, 7) is 11.8. The van der Waals surface area contributed by atoms with E-state index in [2.05, 4.69) is 81.1 Å². The first kappa shape index (κ1) is 29.3. The zero-order valence-electron chi connectivity index (χ0n) is 23.6. The number of pyridine rings is 1. The summed E-state index contributed by atoms with van der Waals surface area (Å²) in [5, 5.41) is 11.2. The number of H-pyrrole nitrogens is 1. The number of aromatic nitrogens is 2. The zero-order valence-corrected chi connectivity index (χ0v) is 24.4. The van der Waals surface area contributed by atoms with Crippen molar-refractivity contribution < 1.29 is 4.79 Å². The molecule has 7 nitrogen and oxygen atoms in total. The summed E-state index contributed by atoms with van der Waals surface area (Å²) in [4.78, 5) is 22.9. The fraction of sp³-hybridized carbons (Fsp3) is 0.484. The fourth-order valence-electron chi connectivity index (χ4n) is 5.56. The Morgan fingerprint density at radius 1 is 1.13 bits per heavy atom. The molecule has 8 heteroatoms. The highest BCUT2D eigenvalue weighted by molar-refractivity contribution is 6.29. The van der Waals surface area contributed by atoms with Gasteiger partial charge in [0.05, 0.1) is 11.3 Å². The maximum atomic E-state index is 12.8. The van der Waals surface area contributed by atoms with Gasteiger partial charge < -0.3 is 25.8 Å². The number of halogens is 1. The summed E-state index contributed by atoms with van der Waals surface area (Å²) in [7, 11) is 0. The van der Waals surface area contributed by atoms with Crippen LogP contribution in [-0.2, 0) is 0 Å². The second-order valence-electron chi connectivity index (χ2n) is 10.8. The number of nitrogens with one attached hydrogen (secondary N) is 4. The van der Waals surface area contributed by atoms with E-state index >= 15 is 0 Å². The second kappa shape index (κ2) is 14.1. The number of aromatic amines is 1. The van der Waals surface area contributed by atoms with Crippen LogP contribution >= 0.6 is 11.6 Å². The highest BCUT2D eigenvalue weighted by atomic mass is 35.5. The minimum absolute atomic E-state index is 0.0737. The van der Waals surface area contributed by atoms with Crippen molar-refractivity contribution in [3.8, 4) is 0 Å². The molecule has 1 amide bonds. The Morgan fingerprint density at radius 3 is 2.54 bits per heavy atom. The largest absolute Gasteiger partial charge is 0.364 e. The Hall–Kier alpha value is -2.71. The molecular formula is C31H43ClN6O. The van der Waals surface area contributed by atoms with E-state index in [0.717, 1.165) is 44.5 Å². The van der Waals surface area contributed by atoms with Crippen LogP contribution in [0.15, 0.2) is 54.7 Å². The zero-order chi connectivity index (χ0) is 27.8. The number of piperidine rings is 1. The van der Waals surface area contributed by atoms with Crippen molar-refractivity contribution in [1.82, 2.24) is 30.8 Å². The van der Waals surface area contributed by atoms with E-state index in [1.54, 1.807) is 6.07 Å². The first-order valence-electron chi connectivity index (χ1n) is 14.2. The van der Waals surface area contributed by atoms with Crippen molar-refractivity contribution in [2.24, 2.45) is 0 Å². The van der Waals surface area contributed by atoms with Gasteiger partial charge in [-0.1, -0.05) is 41.9 Å². The number of aryl methyl sites for hydroxylation is 2. The van der Waals surface area contributed by atoms with Gasteiger partial charge in [0, 0.05) is 49.1 Å². The molecule has 0 bridgehead atoms. The summed E-state index contributed by atoms with van der Waals surface area (Å²) in [6.07, 6.45) is 5.11. The molecule has 4 N–H and O–H groups in total. The SMILES string of the molecule is Cc1cc(Cl)nc(C)c1C(=O)NCCC(C)N1CCC(N[C@@H](CNC(C)c2ccc[nH]2)c2ccccc2)CC1. The van der Waals surface area contributed by atoms with E-state index in [1.165, 1.54) is 11.3 Å². The van der Waals surface area contributed by atoms with E-state index in [1.807, 2.05) is 26.1 Å². The fourth-order valence-corrected chi connectivity index (χ4v) is 5.85. The second-order valence-corrected chi connectivity index (χ2v) is 11.2. The number of likely N-dealkylation sites (tertiary alicyclic amines) is 1. The van der Waals surface area contributed by atoms with Crippen LogP contribution in [-0.4, -0.2) is 59.0 Å². The van der Waals surface area contributed by atoms with Crippen LogP contribution in [0.4, 0.5) is 0 Å². The Labute approximate surface area is 238 Å². The van der Waals surface area contributed by atoms with Crippen LogP contribution in [0.3, 0.4) is 0 Å². The number of rotatable bonds is 12. The van der Waals surface area contributed by atoms with Crippen LogP contribution in [0.2, 0.25) is 5.15 Å². The van der Waals surface area contributed by atoms with Gasteiger partial charge in [0.2, 0.25) is 0 Å². The van der Waals surface area contributed by atoms with E-state index < -0.39 is 0 Å². The van der Waals surface area contributed by atoms with Gasteiger partial charge in [0.25, 0.3) is 5.91 Å². The maximum Gasteiger partial charge on any atom is 0.253 e. The number of nitrogens with zero attached hydrogens (tertiary/aromatic N) is 2. The lowest BCUT2D eigenvalue weighted by atomic mass is 9.99. The molecule has 0 spiro atoms. The summed E-state index contributed by atoms with van der Waals surface area (Å²) < 4.78 is 0. The average Bonchev–Trinajstić information content (AvgIpc) is 3.46. The van der Waals surface area contributed by atoms with Gasteiger partial charge in [0.1, 0.15) is 5.15 Å². The van der Waals surface area contributed by atoms with Gasteiger partial charge >= 0.3 is 0 Å². The lowest BCUT2D eigenvalue weighted by molar-refractivity contribution is 0.0942. The first-order chi connectivity index (χ1) is 18.8. The Balaban J connectivity index is 1.23. The maximum absolute atomic E-state index is 12.8. The molecule has 3 atom stereocenters. The monoisotopic (exact) mass is 550 g/mol. The topological polar surface area (TPSA) is 85.1 Å². The standard InChI is InChI=1S/C31H43ClN6O/c1-21-19-29(32)36-24(4)30(21)31(39)34-16-12-22(2)38-17-13-26(14-18-38)37-28(25-9-6-5-7-10-25)20-35-23(3)27-11-8-15-33-27/h5-11,15,19,22-23,26,28,33,35,37H,12-14,16-18,20H2,1-4H3,(H,34,39)/t22?,23?,28-/m0/s1. The molecule has 1 saturated heterocycles. The van der Waals surface area contributed by atoms with Crippen LogP contribution in [0.25, 0.3) is 0 Å². The summed E-state index contributed by atoms with van der Waals surface area (Å²) >= 11 is 6.02. The summed E-state index contributed by atoms with van der Waals surface area (Å²) in [6, 6.07) is 18.1. The quantitative estimate of drug-likeness (QED) is 0.229. The van der Waals surface area contributed by atoms with Crippen LogP contribution in [0.5, 0.6) is 0 Å². The highest BCUT2D eigenvalue weighted by Crippen LogP contribution is 2.21. The van der Waals surface area contributed by atoms with Crippen LogP contribution in [0, 0.1) is 13.8 Å². The van der Waals surface area contributed by atoms with Crippen molar-refractivity contribution in [3.63, 3.8) is 0 Å². The number of carbonyl (C=O) groups excluding carboxylic acids is 1. The van der Waals surface area contributed by atoms with Crippen molar-refractivity contribution >= 4 is 17.5 Å². The molecule has 3 aromatic rings. The normalized spacial score (nSPS) is 17.1. The van der Waals surface area contributed by atoms with Crippen molar-refractivity contribution in [3.05, 3.63) is 88.0 Å². The number of benzene rings is 1. The molecule has 0 radical (unpaired) electrons. The van der Waals surface area contributed by atoms with Gasteiger partial charge in [-0.3, -0.25) is 4.79 Å². The van der Waals surface area contributed by atoms with Gasteiger partial charge in [-0.05, 0) is 89.4 Å². The van der Waals surface area contributed by atoms with Crippen molar-refractivity contribution in [2.45, 2.75) is 71.1 Å².